The van der Waals surface area contributed by atoms with Crippen molar-refractivity contribution in [3.8, 4) is 5.75 Å². The zero-order chi connectivity index (χ0) is 21.7. The van der Waals surface area contributed by atoms with E-state index >= 15 is 0 Å². The number of aryl methyl sites for hydroxylation is 1. The van der Waals surface area contributed by atoms with Crippen LogP contribution in [0.25, 0.3) is 0 Å². The quantitative estimate of drug-likeness (QED) is 0.728. The Bertz CT molecular complexity index is 918. The van der Waals surface area contributed by atoms with Gasteiger partial charge in [-0.05, 0) is 55.6 Å². The number of ether oxygens (including phenoxy) is 1. The zero-order valence-electron chi connectivity index (χ0n) is 17.7. The third kappa shape index (κ3) is 5.32. The third-order valence-corrected chi connectivity index (χ3v) is 5.69. The Labute approximate surface area is 182 Å². The van der Waals surface area contributed by atoms with Gasteiger partial charge in [-0.25, -0.2) is 0 Å². The molecule has 160 valence electrons. The number of carbonyl (C=O) groups is 2. The predicted octanol–water partition coefficient (Wildman–Crippen LogP) is 3.75. The van der Waals surface area contributed by atoms with E-state index in [1.165, 1.54) is 18.2 Å². The predicted molar refractivity (Wildman–Crippen MR) is 119 cm³/mol. The van der Waals surface area contributed by atoms with Crippen LogP contribution in [-0.2, 0) is 16.0 Å². The highest BCUT2D eigenvalue weighted by molar-refractivity contribution is 6.31. The summed E-state index contributed by atoms with van der Waals surface area (Å²) in [4.78, 5) is 28.8. The Kier molecular flexibility index (Phi) is 7.34. The summed E-state index contributed by atoms with van der Waals surface area (Å²) < 4.78 is 5.25. The Morgan fingerprint density at radius 2 is 1.93 bits per heavy atom. The molecule has 0 fully saturated rings. The first kappa shape index (κ1) is 22.1. The molecule has 1 aliphatic rings. The largest absolute Gasteiger partial charge is 0.495 e. The summed E-state index contributed by atoms with van der Waals surface area (Å²) in [5, 5.41) is 3.30. The van der Waals surface area contributed by atoms with Crippen LogP contribution in [0.5, 0.6) is 5.75 Å². The molecule has 0 aliphatic heterocycles. The number of halogens is 1. The van der Waals surface area contributed by atoms with E-state index in [9.17, 15) is 9.59 Å². The molecule has 1 atom stereocenters. The van der Waals surface area contributed by atoms with Crippen molar-refractivity contribution in [3.63, 3.8) is 0 Å². The molecule has 0 aromatic heterocycles. The minimum absolute atomic E-state index is 0.00709. The number of nitrogens with one attached hydrogen (secondary N) is 1. The molecule has 2 aromatic rings. The fraction of sp³-hybridized carbons (Fsp3) is 0.391. The van der Waals surface area contributed by atoms with Crippen LogP contribution in [0.15, 0.2) is 42.5 Å². The summed E-state index contributed by atoms with van der Waals surface area (Å²) >= 11 is 6.01. The molecule has 0 bridgehead atoms. The molecule has 2 amide bonds. The number of benzene rings is 2. The van der Waals surface area contributed by atoms with Crippen LogP contribution in [0, 0.1) is 0 Å². The number of hydrogen-bond donors (Lipinski definition) is 1. The van der Waals surface area contributed by atoms with Crippen LogP contribution in [0.2, 0.25) is 5.02 Å². The number of fused-ring (bicyclic) bond motifs is 1. The number of rotatable bonds is 7. The fourth-order valence-electron chi connectivity index (χ4n) is 3.92. The summed E-state index contributed by atoms with van der Waals surface area (Å²) in [6.07, 6.45) is 3.08. The third-order valence-electron chi connectivity index (χ3n) is 5.45. The summed E-state index contributed by atoms with van der Waals surface area (Å²) in [5.41, 5.74) is 3.05. The molecule has 0 saturated heterocycles. The highest BCUT2D eigenvalue weighted by Gasteiger charge is 2.27. The number of likely N-dealkylation sites (N-methyl/N-ethyl adjacent to an activating group) is 2. The number of hydrogen-bond acceptors (Lipinski definition) is 4. The molecular formula is C23H28ClN3O3. The van der Waals surface area contributed by atoms with Crippen LogP contribution < -0.4 is 10.1 Å². The second-order valence-corrected chi connectivity index (χ2v) is 8.11. The number of carbonyl (C=O) groups excluding carboxylic acids is 2. The Balaban J connectivity index is 1.57. The Morgan fingerprint density at radius 1 is 1.17 bits per heavy atom. The smallest absolute Gasteiger partial charge is 0.238 e. The average molecular weight is 430 g/mol. The molecule has 6 nitrogen and oxygen atoms in total. The van der Waals surface area contributed by atoms with Gasteiger partial charge in [0.2, 0.25) is 11.8 Å². The first-order chi connectivity index (χ1) is 14.4. The normalized spacial score (nSPS) is 15.4. The van der Waals surface area contributed by atoms with Crippen molar-refractivity contribution < 1.29 is 14.3 Å². The van der Waals surface area contributed by atoms with Crippen molar-refractivity contribution in [3.05, 3.63) is 58.6 Å². The molecule has 2 aromatic carbocycles. The minimum Gasteiger partial charge on any atom is -0.495 e. The maximum Gasteiger partial charge on any atom is 0.238 e. The first-order valence-electron chi connectivity index (χ1n) is 10.0. The van der Waals surface area contributed by atoms with Crippen molar-refractivity contribution in [1.29, 1.82) is 0 Å². The van der Waals surface area contributed by atoms with Gasteiger partial charge in [0.05, 0.1) is 31.9 Å². The van der Waals surface area contributed by atoms with Crippen LogP contribution in [0.1, 0.15) is 30.0 Å². The molecule has 1 aliphatic carbocycles. The van der Waals surface area contributed by atoms with E-state index in [1.807, 2.05) is 24.1 Å². The monoisotopic (exact) mass is 429 g/mol. The SMILES string of the molecule is COc1ccc(Cl)cc1NC(=O)CN(C)CC(=O)N(C)[C@H]1CCCc2ccccc21. The van der Waals surface area contributed by atoms with Gasteiger partial charge in [0.1, 0.15) is 5.75 Å². The van der Waals surface area contributed by atoms with E-state index in [0.717, 1.165) is 19.3 Å². The number of amides is 2. The van der Waals surface area contributed by atoms with Gasteiger partial charge in [-0.2, -0.15) is 0 Å². The lowest BCUT2D eigenvalue weighted by atomic mass is 9.87. The molecule has 1 N–H and O–H groups in total. The summed E-state index contributed by atoms with van der Waals surface area (Å²) in [6, 6.07) is 13.4. The van der Waals surface area contributed by atoms with Crippen molar-refractivity contribution in [2.24, 2.45) is 0 Å². The summed E-state index contributed by atoms with van der Waals surface area (Å²) in [7, 11) is 5.14. The molecule has 0 saturated carbocycles. The van der Waals surface area contributed by atoms with E-state index in [2.05, 4.69) is 17.4 Å². The van der Waals surface area contributed by atoms with Gasteiger partial charge in [0, 0.05) is 12.1 Å². The highest BCUT2D eigenvalue weighted by atomic mass is 35.5. The molecule has 30 heavy (non-hydrogen) atoms. The lowest BCUT2D eigenvalue weighted by molar-refractivity contribution is -0.133. The van der Waals surface area contributed by atoms with Gasteiger partial charge in [0.15, 0.2) is 0 Å². The van der Waals surface area contributed by atoms with Crippen molar-refractivity contribution >= 4 is 29.1 Å². The maximum absolute atomic E-state index is 12.9. The van der Waals surface area contributed by atoms with Crippen LogP contribution in [0.4, 0.5) is 5.69 Å². The summed E-state index contributed by atoms with van der Waals surface area (Å²) in [6.45, 7) is 0.242. The fourth-order valence-corrected chi connectivity index (χ4v) is 4.09. The second-order valence-electron chi connectivity index (χ2n) is 7.68. The summed E-state index contributed by atoms with van der Waals surface area (Å²) in [5.74, 6) is 0.283. The average Bonchev–Trinajstić information content (AvgIpc) is 2.72. The lowest BCUT2D eigenvalue weighted by Gasteiger charge is -2.34. The molecule has 7 heteroatoms. The van der Waals surface area contributed by atoms with Crippen molar-refractivity contribution in [2.75, 3.05) is 39.6 Å². The van der Waals surface area contributed by atoms with Gasteiger partial charge < -0.3 is 15.0 Å². The topological polar surface area (TPSA) is 61.9 Å². The lowest BCUT2D eigenvalue weighted by Crippen LogP contribution is -2.41. The number of methoxy groups -OCH3 is 1. The molecule has 0 unspecified atom stereocenters. The van der Waals surface area contributed by atoms with Gasteiger partial charge in [-0.15, -0.1) is 0 Å². The molecule has 0 radical (unpaired) electrons. The molecule has 3 rings (SSSR count). The van der Waals surface area contributed by atoms with E-state index in [0.29, 0.717) is 16.5 Å². The Morgan fingerprint density at radius 3 is 2.70 bits per heavy atom. The van der Waals surface area contributed by atoms with Gasteiger partial charge in [-0.3, -0.25) is 14.5 Å². The molecule has 0 spiro atoms. The van der Waals surface area contributed by atoms with Gasteiger partial charge in [0.25, 0.3) is 0 Å². The van der Waals surface area contributed by atoms with Gasteiger partial charge in [-0.1, -0.05) is 35.9 Å². The first-order valence-corrected chi connectivity index (χ1v) is 10.4. The van der Waals surface area contributed by atoms with Crippen LogP contribution >= 0.6 is 11.6 Å². The number of anilines is 1. The Hall–Kier alpha value is -2.57. The second kappa shape index (κ2) is 9.96. The van der Waals surface area contributed by atoms with E-state index < -0.39 is 0 Å². The van der Waals surface area contributed by atoms with E-state index in [-0.39, 0.29) is 30.9 Å². The number of nitrogens with zero attached hydrogens (tertiary/aromatic N) is 2. The zero-order valence-corrected chi connectivity index (χ0v) is 18.4. The molecule has 0 heterocycles. The minimum atomic E-state index is -0.239. The van der Waals surface area contributed by atoms with Gasteiger partial charge >= 0.3 is 0 Å². The maximum atomic E-state index is 12.9. The van der Waals surface area contributed by atoms with E-state index in [4.69, 9.17) is 16.3 Å². The van der Waals surface area contributed by atoms with Crippen molar-refractivity contribution in [1.82, 2.24) is 9.80 Å². The highest BCUT2D eigenvalue weighted by Crippen LogP contribution is 2.33. The molecular weight excluding hydrogens is 402 g/mol. The standard InChI is InChI=1S/C23H28ClN3O3/c1-26(14-22(28)25-19-13-17(24)11-12-21(19)30-3)15-23(29)27(2)20-10-6-8-16-7-4-5-9-18(16)20/h4-5,7,9,11-13,20H,6,8,10,14-15H2,1-3H3,(H,25,28)/t20-/m0/s1. The van der Waals surface area contributed by atoms with Crippen LogP contribution in [0.3, 0.4) is 0 Å². The van der Waals surface area contributed by atoms with Crippen LogP contribution in [-0.4, -0.2) is 55.9 Å². The van der Waals surface area contributed by atoms with Crippen molar-refractivity contribution in [2.45, 2.75) is 25.3 Å². The van der Waals surface area contributed by atoms with E-state index in [1.54, 1.807) is 30.1 Å².